The van der Waals surface area contributed by atoms with Crippen molar-refractivity contribution in [2.24, 2.45) is 4.40 Å². The van der Waals surface area contributed by atoms with Gasteiger partial charge in [-0.2, -0.15) is 0 Å². The van der Waals surface area contributed by atoms with Gasteiger partial charge in [0.05, 0.1) is 0 Å². The van der Waals surface area contributed by atoms with Crippen molar-refractivity contribution in [1.29, 1.82) is 0 Å². The molecule has 1 unspecified atom stereocenters. The Balaban J connectivity index is 0.00000108. The van der Waals surface area contributed by atoms with E-state index in [1.54, 1.807) is 6.07 Å². The van der Waals surface area contributed by atoms with Crippen LogP contribution in [0.15, 0.2) is 27.5 Å². The second-order valence-electron chi connectivity index (χ2n) is 4.25. The van der Waals surface area contributed by atoms with E-state index in [1.165, 1.54) is 25.3 Å². The number of hydrogen-bond acceptors (Lipinski definition) is 2. The van der Waals surface area contributed by atoms with E-state index < -0.39 is 11.3 Å². The molecule has 1 atom stereocenters. The molecule has 0 radical (unpaired) electrons. The fourth-order valence-corrected chi connectivity index (χ4v) is 4.34. The molecule has 2 aliphatic heterocycles. The molecule has 0 aromatic heterocycles. The zero-order valence-electron chi connectivity index (χ0n) is 9.47. The molecule has 1 aromatic rings. The molecule has 0 N–H and O–H groups in total. The molecule has 0 aliphatic carbocycles. The fraction of sp³-hybridized carbons (Fsp3) is 0.417. The van der Waals surface area contributed by atoms with E-state index in [4.69, 9.17) is 0 Å². The summed E-state index contributed by atoms with van der Waals surface area (Å²) in [5.74, 6) is -0.145. The summed E-state index contributed by atoms with van der Waals surface area (Å²) in [4.78, 5) is 1.09. The van der Waals surface area contributed by atoms with Gasteiger partial charge in [-0.15, -0.1) is 12.4 Å². The lowest BCUT2D eigenvalue weighted by Gasteiger charge is -2.33. The predicted molar refractivity (Wildman–Crippen MR) is 73.9 cm³/mol. The van der Waals surface area contributed by atoms with Crippen LogP contribution < -0.4 is 0 Å². The Morgan fingerprint density at radius 2 is 1.94 bits per heavy atom. The summed E-state index contributed by atoms with van der Waals surface area (Å²) < 4.78 is 20.2. The highest BCUT2D eigenvalue weighted by atomic mass is 35.5. The zero-order valence-corrected chi connectivity index (χ0v) is 11.2. The Morgan fingerprint density at radius 1 is 1.18 bits per heavy atom. The molecular formula is C12H16ClFN2S. The molecule has 2 heterocycles. The van der Waals surface area contributed by atoms with E-state index in [0.29, 0.717) is 0 Å². The predicted octanol–water partition coefficient (Wildman–Crippen LogP) is 3.36. The Morgan fingerprint density at radius 3 is 2.71 bits per heavy atom. The maximum atomic E-state index is 13.2. The summed E-state index contributed by atoms with van der Waals surface area (Å²) in [6.45, 7) is 2.22. The van der Waals surface area contributed by atoms with E-state index >= 15 is 0 Å². The van der Waals surface area contributed by atoms with E-state index in [2.05, 4.69) is 8.70 Å². The second-order valence-corrected chi connectivity index (χ2v) is 6.11. The summed E-state index contributed by atoms with van der Waals surface area (Å²) in [6, 6.07) is 5.00. The molecule has 2 aliphatic rings. The number of nitrogens with zero attached hydrogens (tertiary/aromatic N) is 2. The van der Waals surface area contributed by atoms with Crippen LogP contribution in [-0.4, -0.2) is 23.6 Å². The van der Waals surface area contributed by atoms with Crippen molar-refractivity contribution in [3.63, 3.8) is 0 Å². The third-order valence-corrected chi connectivity index (χ3v) is 5.20. The molecule has 5 heteroatoms. The standard InChI is InChI=1S/C12H15FN2S.ClH/c13-11-5-4-10-9-14-16(12(10)8-11)15-6-2-1-3-7-15;/h4-5,8-9,16H,1-3,6-7H2;1H. The van der Waals surface area contributed by atoms with Crippen molar-refractivity contribution in [2.75, 3.05) is 13.1 Å². The van der Waals surface area contributed by atoms with Gasteiger partial charge in [0.2, 0.25) is 0 Å². The first-order chi connectivity index (χ1) is 7.84. The van der Waals surface area contributed by atoms with E-state index in [1.807, 2.05) is 12.3 Å². The largest absolute Gasteiger partial charge is 0.249 e. The smallest absolute Gasteiger partial charge is 0.124 e. The monoisotopic (exact) mass is 274 g/mol. The van der Waals surface area contributed by atoms with Crippen molar-refractivity contribution < 1.29 is 4.39 Å². The minimum Gasteiger partial charge on any atom is -0.249 e. The van der Waals surface area contributed by atoms with Crippen LogP contribution in [0.3, 0.4) is 0 Å². The van der Waals surface area contributed by atoms with Crippen molar-refractivity contribution in [2.45, 2.75) is 24.2 Å². The summed E-state index contributed by atoms with van der Waals surface area (Å²) in [7, 11) is 0. The normalized spacial score (nSPS) is 25.4. The van der Waals surface area contributed by atoms with Gasteiger partial charge in [0.1, 0.15) is 5.82 Å². The Kier molecular flexibility index (Phi) is 4.07. The lowest BCUT2D eigenvalue weighted by molar-refractivity contribution is 0.376. The molecular weight excluding hydrogens is 259 g/mol. The number of benzene rings is 1. The molecule has 1 saturated heterocycles. The van der Waals surface area contributed by atoms with Gasteiger partial charge in [-0.05, 0) is 31.0 Å². The summed E-state index contributed by atoms with van der Waals surface area (Å²) >= 11 is -0.633. The van der Waals surface area contributed by atoms with Crippen LogP contribution in [0.1, 0.15) is 24.8 Å². The molecule has 2 nitrogen and oxygen atoms in total. The maximum Gasteiger partial charge on any atom is 0.124 e. The molecule has 0 saturated carbocycles. The third-order valence-electron chi connectivity index (χ3n) is 3.11. The van der Waals surface area contributed by atoms with Crippen LogP contribution in [0.2, 0.25) is 0 Å². The van der Waals surface area contributed by atoms with Crippen LogP contribution >= 0.6 is 23.7 Å². The lowest BCUT2D eigenvalue weighted by Crippen LogP contribution is -2.25. The van der Waals surface area contributed by atoms with Gasteiger partial charge >= 0.3 is 0 Å². The summed E-state index contributed by atoms with van der Waals surface area (Å²) in [5.41, 5.74) is 1.10. The average Bonchev–Trinajstić information content (AvgIpc) is 2.73. The first-order valence-corrected chi connectivity index (χ1v) is 6.98. The average molecular weight is 275 g/mol. The van der Waals surface area contributed by atoms with E-state index in [-0.39, 0.29) is 18.2 Å². The first kappa shape index (κ1) is 12.9. The van der Waals surface area contributed by atoms with Crippen LogP contribution in [0.25, 0.3) is 0 Å². The van der Waals surface area contributed by atoms with Gasteiger partial charge in [-0.25, -0.2) is 13.1 Å². The number of piperidine rings is 1. The Hall–Kier alpha value is -0.580. The Bertz CT molecular complexity index is 433. The molecule has 94 valence electrons. The quantitative estimate of drug-likeness (QED) is 0.777. The van der Waals surface area contributed by atoms with Gasteiger partial charge in [-0.3, -0.25) is 0 Å². The van der Waals surface area contributed by atoms with Crippen molar-refractivity contribution in [3.8, 4) is 0 Å². The number of hydrogen-bond donors (Lipinski definition) is 1. The zero-order chi connectivity index (χ0) is 11.0. The lowest BCUT2D eigenvalue weighted by atomic mass is 10.2. The molecule has 3 rings (SSSR count). The number of rotatable bonds is 1. The van der Waals surface area contributed by atoms with Crippen LogP contribution in [-0.2, 0) is 0 Å². The number of fused-ring (bicyclic) bond motifs is 1. The molecule has 1 aromatic carbocycles. The van der Waals surface area contributed by atoms with Gasteiger partial charge in [0, 0.05) is 29.8 Å². The highest BCUT2D eigenvalue weighted by Crippen LogP contribution is 2.47. The maximum absolute atomic E-state index is 13.2. The molecule has 0 bridgehead atoms. The third kappa shape index (κ3) is 2.49. The minimum absolute atomic E-state index is 0. The first-order valence-electron chi connectivity index (χ1n) is 5.73. The van der Waals surface area contributed by atoms with Crippen LogP contribution in [0.5, 0.6) is 0 Å². The van der Waals surface area contributed by atoms with Crippen molar-refractivity contribution >= 4 is 29.9 Å². The summed E-state index contributed by atoms with van der Waals surface area (Å²) in [5, 5.41) is 0. The number of halogens is 2. The Labute approximate surface area is 110 Å². The SMILES string of the molecule is Cl.Fc1ccc2c(c1)[SH](N1CCCCC1)N=C2. The van der Waals surface area contributed by atoms with Crippen molar-refractivity contribution in [3.05, 3.63) is 29.6 Å². The number of thiol groups is 1. The minimum atomic E-state index is -0.633. The van der Waals surface area contributed by atoms with Crippen LogP contribution in [0, 0.1) is 5.82 Å². The summed E-state index contributed by atoms with van der Waals surface area (Å²) in [6.07, 6.45) is 5.71. The van der Waals surface area contributed by atoms with E-state index in [9.17, 15) is 4.39 Å². The fourth-order valence-electron chi connectivity index (χ4n) is 2.27. The molecule has 0 amide bonds. The van der Waals surface area contributed by atoms with Gasteiger partial charge < -0.3 is 0 Å². The highest BCUT2D eigenvalue weighted by Gasteiger charge is 2.23. The van der Waals surface area contributed by atoms with Crippen LogP contribution in [0.4, 0.5) is 4.39 Å². The highest BCUT2D eigenvalue weighted by molar-refractivity contribution is 8.14. The van der Waals surface area contributed by atoms with Crippen molar-refractivity contribution in [1.82, 2.24) is 4.31 Å². The second kappa shape index (κ2) is 5.38. The molecule has 17 heavy (non-hydrogen) atoms. The molecule has 1 fully saturated rings. The van der Waals surface area contributed by atoms with Gasteiger partial charge in [-0.1, -0.05) is 17.7 Å². The van der Waals surface area contributed by atoms with E-state index in [0.717, 1.165) is 23.5 Å². The van der Waals surface area contributed by atoms with Gasteiger partial charge in [0.15, 0.2) is 0 Å². The molecule has 0 spiro atoms. The topological polar surface area (TPSA) is 15.6 Å². The van der Waals surface area contributed by atoms with Gasteiger partial charge in [0.25, 0.3) is 0 Å².